The lowest BCUT2D eigenvalue weighted by atomic mass is 9.85. The molecule has 4 rings (SSSR count). The SMILES string of the molecule is O=C(c1ccccc1-c1ccncc1)N1CCC(O)(Cc2ccccc2)CC1. The van der Waals surface area contributed by atoms with Gasteiger partial charge in [-0.2, -0.15) is 0 Å². The van der Waals surface area contributed by atoms with E-state index in [2.05, 4.69) is 4.98 Å². The summed E-state index contributed by atoms with van der Waals surface area (Å²) in [7, 11) is 0. The fourth-order valence-electron chi connectivity index (χ4n) is 3.90. The minimum absolute atomic E-state index is 0.0224. The third-order valence-corrected chi connectivity index (χ3v) is 5.51. The van der Waals surface area contributed by atoms with Crippen molar-refractivity contribution in [3.63, 3.8) is 0 Å². The van der Waals surface area contributed by atoms with Crippen LogP contribution in [0.3, 0.4) is 0 Å². The second-order valence-corrected chi connectivity index (χ2v) is 7.46. The van der Waals surface area contributed by atoms with Gasteiger partial charge in [-0.15, -0.1) is 0 Å². The highest BCUT2D eigenvalue weighted by Gasteiger charge is 2.34. The minimum Gasteiger partial charge on any atom is -0.389 e. The molecular weight excluding hydrogens is 348 g/mol. The lowest BCUT2D eigenvalue weighted by Gasteiger charge is -2.38. The Balaban J connectivity index is 1.48. The van der Waals surface area contributed by atoms with Crippen molar-refractivity contribution >= 4 is 5.91 Å². The molecule has 1 amide bonds. The number of hydrogen-bond donors (Lipinski definition) is 1. The Hall–Kier alpha value is -2.98. The summed E-state index contributed by atoms with van der Waals surface area (Å²) in [5.74, 6) is 0.0224. The molecule has 1 fully saturated rings. The van der Waals surface area contributed by atoms with E-state index in [1.807, 2.05) is 71.6 Å². The van der Waals surface area contributed by atoms with E-state index in [0.717, 1.165) is 16.7 Å². The molecule has 1 aliphatic heterocycles. The number of amides is 1. The van der Waals surface area contributed by atoms with Gasteiger partial charge < -0.3 is 10.0 Å². The molecule has 0 saturated carbocycles. The van der Waals surface area contributed by atoms with Crippen molar-refractivity contribution in [3.05, 3.63) is 90.3 Å². The zero-order chi connectivity index (χ0) is 19.4. The van der Waals surface area contributed by atoms with Gasteiger partial charge in [-0.05, 0) is 47.7 Å². The van der Waals surface area contributed by atoms with Gasteiger partial charge in [0.1, 0.15) is 0 Å². The first-order valence-corrected chi connectivity index (χ1v) is 9.70. The van der Waals surface area contributed by atoms with Crippen LogP contribution >= 0.6 is 0 Å². The number of rotatable bonds is 4. The lowest BCUT2D eigenvalue weighted by molar-refractivity contribution is -0.0162. The molecule has 1 aromatic heterocycles. The number of carbonyl (C=O) groups excluding carboxylic acids is 1. The van der Waals surface area contributed by atoms with Gasteiger partial charge in [0.15, 0.2) is 0 Å². The summed E-state index contributed by atoms with van der Waals surface area (Å²) >= 11 is 0. The maximum atomic E-state index is 13.2. The molecule has 4 nitrogen and oxygen atoms in total. The molecule has 3 aromatic rings. The predicted octanol–water partition coefficient (Wildman–Crippen LogP) is 3.96. The fourth-order valence-corrected chi connectivity index (χ4v) is 3.90. The molecule has 0 aliphatic carbocycles. The maximum Gasteiger partial charge on any atom is 0.254 e. The molecule has 2 heterocycles. The van der Waals surface area contributed by atoms with E-state index >= 15 is 0 Å². The van der Waals surface area contributed by atoms with E-state index in [-0.39, 0.29) is 5.91 Å². The predicted molar refractivity (Wildman–Crippen MR) is 110 cm³/mol. The smallest absolute Gasteiger partial charge is 0.254 e. The monoisotopic (exact) mass is 372 g/mol. The molecule has 28 heavy (non-hydrogen) atoms. The fraction of sp³-hybridized carbons (Fsp3) is 0.250. The zero-order valence-corrected chi connectivity index (χ0v) is 15.8. The van der Waals surface area contributed by atoms with Crippen molar-refractivity contribution in [2.45, 2.75) is 24.9 Å². The van der Waals surface area contributed by atoms with Crippen LogP contribution in [0.1, 0.15) is 28.8 Å². The number of likely N-dealkylation sites (tertiary alicyclic amines) is 1. The summed E-state index contributed by atoms with van der Waals surface area (Å²) in [4.78, 5) is 19.1. The second kappa shape index (κ2) is 7.95. The highest BCUT2D eigenvalue weighted by molar-refractivity contribution is 6.00. The van der Waals surface area contributed by atoms with Crippen molar-refractivity contribution in [1.29, 1.82) is 0 Å². The van der Waals surface area contributed by atoms with E-state index < -0.39 is 5.60 Å². The summed E-state index contributed by atoms with van der Waals surface area (Å²) in [6.45, 7) is 1.12. The van der Waals surface area contributed by atoms with Crippen LogP contribution in [-0.4, -0.2) is 39.6 Å². The van der Waals surface area contributed by atoms with E-state index in [1.165, 1.54) is 0 Å². The van der Waals surface area contributed by atoms with Crippen molar-refractivity contribution in [3.8, 4) is 11.1 Å². The number of aliphatic hydroxyl groups is 1. The number of carbonyl (C=O) groups is 1. The Morgan fingerprint density at radius 2 is 1.57 bits per heavy atom. The van der Waals surface area contributed by atoms with Crippen molar-refractivity contribution < 1.29 is 9.90 Å². The van der Waals surface area contributed by atoms with Gasteiger partial charge in [0.25, 0.3) is 5.91 Å². The van der Waals surface area contributed by atoms with Gasteiger partial charge in [0.05, 0.1) is 5.60 Å². The average Bonchev–Trinajstić information content (AvgIpc) is 2.75. The molecular formula is C24H24N2O2. The normalized spacial score (nSPS) is 16.0. The third kappa shape index (κ3) is 3.97. The first-order chi connectivity index (χ1) is 13.6. The van der Waals surface area contributed by atoms with Gasteiger partial charge in [0, 0.05) is 37.5 Å². The quantitative estimate of drug-likeness (QED) is 0.754. The topological polar surface area (TPSA) is 53.4 Å². The lowest BCUT2D eigenvalue weighted by Crippen LogP contribution is -2.47. The van der Waals surface area contributed by atoms with Gasteiger partial charge in [0.2, 0.25) is 0 Å². The van der Waals surface area contributed by atoms with Crippen LogP contribution in [0.5, 0.6) is 0 Å². The molecule has 0 radical (unpaired) electrons. The first-order valence-electron chi connectivity index (χ1n) is 9.70. The number of benzene rings is 2. The molecule has 0 atom stereocenters. The molecule has 1 aliphatic rings. The number of piperidine rings is 1. The molecule has 1 N–H and O–H groups in total. The van der Waals surface area contributed by atoms with Crippen LogP contribution in [-0.2, 0) is 6.42 Å². The first kappa shape index (κ1) is 18.4. The second-order valence-electron chi connectivity index (χ2n) is 7.46. The Labute approximate surface area is 165 Å². The maximum absolute atomic E-state index is 13.2. The van der Waals surface area contributed by atoms with Gasteiger partial charge in [-0.1, -0.05) is 48.5 Å². The molecule has 2 aromatic carbocycles. The standard InChI is InChI=1S/C24H24N2O2/c27-23(22-9-5-4-8-21(22)20-10-14-25-15-11-20)26-16-12-24(28,13-17-26)18-19-6-2-1-3-7-19/h1-11,14-15,28H,12-13,16-18H2. The van der Waals surface area contributed by atoms with E-state index in [0.29, 0.717) is 37.9 Å². The highest BCUT2D eigenvalue weighted by Crippen LogP contribution is 2.29. The number of aromatic nitrogens is 1. The summed E-state index contributed by atoms with van der Waals surface area (Å²) in [6.07, 6.45) is 5.28. The highest BCUT2D eigenvalue weighted by atomic mass is 16.3. The summed E-state index contributed by atoms with van der Waals surface area (Å²) in [6, 6.07) is 21.6. The molecule has 1 saturated heterocycles. The van der Waals surface area contributed by atoms with Gasteiger partial charge in [-0.3, -0.25) is 9.78 Å². The number of hydrogen-bond acceptors (Lipinski definition) is 3. The molecule has 0 spiro atoms. The number of nitrogens with zero attached hydrogens (tertiary/aromatic N) is 2. The Kier molecular flexibility index (Phi) is 5.22. The van der Waals surface area contributed by atoms with Crippen LogP contribution in [0.15, 0.2) is 79.1 Å². The van der Waals surface area contributed by atoms with Crippen LogP contribution in [0, 0.1) is 0 Å². The Bertz CT molecular complexity index is 933. The van der Waals surface area contributed by atoms with Crippen LogP contribution < -0.4 is 0 Å². The molecule has 4 heteroatoms. The average molecular weight is 372 g/mol. The third-order valence-electron chi connectivity index (χ3n) is 5.51. The zero-order valence-electron chi connectivity index (χ0n) is 15.8. The molecule has 0 unspecified atom stereocenters. The summed E-state index contributed by atoms with van der Waals surface area (Å²) in [5.41, 5.74) is 2.98. The van der Waals surface area contributed by atoms with Gasteiger partial charge in [-0.25, -0.2) is 0 Å². The van der Waals surface area contributed by atoms with Gasteiger partial charge >= 0.3 is 0 Å². The van der Waals surface area contributed by atoms with E-state index in [9.17, 15) is 9.90 Å². The summed E-state index contributed by atoms with van der Waals surface area (Å²) < 4.78 is 0. The molecule has 0 bridgehead atoms. The summed E-state index contributed by atoms with van der Waals surface area (Å²) in [5, 5.41) is 11.0. The van der Waals surface area contributed by atoms with Crippen LogP contribution in [0.2, 0.25) is 0 Å². The molecule has 142 valence electrons. The van der Waals surface area contributed by atoms with Crippen LogP contribution in [0.4, 0.5) is 0 Å². The van der Waals surface area contributed by atoms with Crippen molar-refractivity contribution in [1.82, 2.24) is 9.88 Å². The minimum atomic E-state index is -0.747. The largest absolute Gasteiger partial charge is 0.389 e. The van der Waals surface area contributed by atoms with Crippen molar-refractivity contribution in [2.75, 3.05) is 13.1 Å². The number of pyridine rings is 1. The van der Waals surface area contributed by atoms with E-state index in [4.69, 9.17) is 0 Å². The van der Waals surface area contributed by atoms with Crippen molar-refractivity contribution in [2.24, 2.45) is 0 Å². The Morgan fingerprint density at radius 3 is 2.29 bits per heavy atom. The van der Waals surface area contributed by atoms with E-state index in [1.54, 1.807) is 12.4 Å². The van der Waals surface area contributed by atoms with Crippen LogP contribution in [0.25, 0.3) is 11.1 Å². The Morgan fingerprint density at radius 1 is 0.929 bits per heavy atom.